The molecule has 1 N–H and O–H groups in total. The number of hydrogen-bond donors (Lipinski definition) is 1. The Bertz CT molecular complexity index is 1490. The van der Waals surface area contributed by atoms with Crippen molar-refractivity contribution in [2.24, 2.45) is 0 Å². The van der Waals surface area contributed by atoms with Gasteiger partial charge in [0.25, 0.3) is 0 Å². The first kappa shape index (κ1) is 23.6. The number of sulfone groups is 1. The van der Waals surface area contributed by atoms with Crippen LogP contribution in [0.1, 0.15) is 12.8 Å². The molecule has 8 nitrogen and oxygen atoms in total. The maximum Gasteiger partial charge on any atom is 0.245 e. The van der Waals surface area contributed by atoms with E-state index in [1.54, 1.807) is 35.0 Å². The minimum absolute atomic E-state index is 0.259. The summed E-state index contributed by atoms with van der Waals surface area (Å²) < 4.78 is 31.8. The summed E-state index contributed by atoms with van der Waals surface area (Å²) in [6, 6.07) is 16.5. The van der Waals surface area contributed by atoms with Gasteiger partial charge in [0.2, 0.25) is 5.95 Å². The van der Waals surface area contributed by atoms with E-state index in [9.17, 15) is 8.42 Å². The van der Waals surface area contributed by atoms with Gasteiger partial charge in [0, 0.05) is 29.6 Å². The van der Waals surface area contributed by atoms with E-state index in [1.807, 2.05) is 30.3 Å². The predicted octanol–water partition coefficient (Wildman–Crippen LogP) is 4.67. The molecule has 0 spiro atoms. The number of likely N-dealkylation sites (N-methyl/N-ethyl adjacent to an activating group) is 1. The van der Waals surface area contributed by atoms with Gasteiger partial charge in [-0.1, -0.05) is 23.7 Å². The quantitative estimate of drug-likeness (QED) is 0.385. The first-order chi connectivity index (χ1) is 16.8. The highest BCUT2D eigenvalue weighted by Crippen LogP contribution is 2.30. The molecule has 0 saturated carbocycles. The lowest BCUT2D eigenvalue weighted by atomic mass is 10.2. The van der Waals surface area contributed by atoms with Crippen LogP contribution in [0.4, 0.5) is 11.6 Å². The highest BCUT2D eigenvalue weighted by molar-refractivity contribution is 7.90. The fourth-order valence-electron chi connectivity index (χ4n) is 4.26. The van der Waals surface area contributed by atoms with Gasteiger partial charge in [-0.15, -0.1) is 5.10 Å². The Balaban J connectivity index is 1.40. The fraction of sp³-hybridized carbons (Fsp3) is 0.280. The summed E-state index contributed by atoms with van der Waals surface area (Å²) in [4.78, 5) is 6.98. The standard InChI is InChI=1S/C25H26ClN5O3S/c1-30-12-4-6-20(30)16-34-24-14-18(8-10-22(24)26)28-25-27-15-19-9-11-23(31(19)29-25)17-5-3-7-21(13-17)35(2,32)33/h3,5,7-11,13-15,20H,4,6,12,16H2,1-2H3,(H,28,29). The smallest absolute Gasteiger partial charge is 0.245 e. The average molecular weight is 512 g/mol. The fourth-order valence-corrected chi connectivity index (χ4v) is 5.10. The normalized spacial score (nSPS) is 16.6. The van der Waals surface area contributed by atoms with E-state index in [4.69, 9.17) is 16.3 Å². The molecule has 182 valence electrons. The van der Waals surface area contributed by atoms with Gasteiger partial charge < -0.3 is 15.0 Å². The number of hydrogen-bond acceptors (Lipinski definition) is 7. The molecule has 0 radical (unpaired) electrons. The number of anilines is 2. The zero-order chi connectivity index (χ0) is 24.6. The summed E-state index contributed by atoms with van der Waals surface area (Å²) in [5.74, 6) is 0.996. The molecular weight excluding hydrogens is 486 g/mol. The van der Waals surface area contributed by atoms with Crippen molar-refractivity contribution < 1.29 is 13.2 Å². The Morgan fingerprint density at radius 2 is 2.03 bits per heavy atom. The van der Waals surface area contributed by atoms with Crippen molar-refractivity contribution in [3.63, 3.8) is 0 Å². The first-order valence-corrected chi connectivity index (χ1v) is 13.6. The van der Waals surface area contributed by atoms with Crippen LogP contribution in [-0.4, -0.2) is 60.4 Å². The molecule has 0 aliphatic carbocycles. The molecule has 1 aliphatic rings. The number of aromatic nitrogens is 3. The molecule has 1 unspecified atom stereocenters. The van der Waals surface area contributed by atoms with Crippen LogP contribution < -0.4 is 10.1 Å². The van der Waals surface area contributed by atoms with Crippen molar-refractivity contribution >= 4 is 38.6 Å². The summed E-state index contributed by atoms with van der Waals surface area (Å²) in [7, 11) is -1.21. The molecule has 0 amide bonds. The molecule has 2 aromatic heterocycles. The van der Waals surface area contributed by atoms with Gasteiger partial charge in [0.15, 0.2) is 9.84 Å². The number of fused-ring (bicyclic) bond motifs is 1. The maximum absolute atomic E-state index is 12.0. The van der Waals surface area contributed by atoms with Crippen molar-refractivity contribution in [3.05, 3.63) is 65.8 Å². The Hall–Kier alpha value is -3.14. The van der Waals surface area contributed by atoms with Crippen LogP contribution in [0.2, 0.25) is 5.02 Å². The van der Waals surface area contributed by atoms with Gasteiger partial charge in [-0.2, -0.15) is 0 Å². The van der Waals surface area contributed by atoms with Gasteiger partial charge in [-0.05, 0) is 62.8 Å². The third kappa shape index (κ3) is 5.12. The SMILES string of the molecule is CN1CCCC1COc1cc(Nc2ncc3ccc(-c4cccc(S(C)(=O)=O)c4)n3n2)ccc1Cl. The highest BCUT2D eigenvalue weighted by Gasteiger charge is 2.21. The van der Waals surface area contributed by atoms with Crippen LogP contribution in [0, 0.1) is 0 Å². The molecule has 10 heteroatoms. The first-order valence-electron chi connectivity index (χ1n) is 11.3. The number of benzene rings is 2. The van der Waals surface area contributed by atoms with Gasteiger partial charge in [-0.3, -0.25) is 0 Å². The van der Waals surface area contributed by atoms with E-state index in [2.05, 4.69) is 27.3 Å². The van der Waals surface area contributed by atoms with Crippen molar-refractivity contribution in [1.29, 1.82) is 0 Å². The Labute approximate surface area is 209 Å². The lowest BCUT2D eigenvalue weighted by Gasteiger charge is -2.20. The zero-order valence-corrected chi connectivity index (χ0v) is 21.1. The van der Waals surface area contributed by atoms with Crippen molar-refractivity contribution in [2.75, 3.05) is 31.8 Å². The summed E-state index contributed by atoms with van der Waals surface area (Å²) in [5.41, 5.74) is 3.04. The monoisotopic (exact) mass is 511 g/mol. The molecule has 4 aromatic rings. The highest BCUT2D eigenvalue weighted by atomic mass is 35.5. The molecular formula is C25H26ClN5O3S. The molecule has 1 aliphatic heterocycles. The number of nitrogens with one attached hydrogen (secondary N) is 1. The van der Waals surface area contributed by atoms with Crippen molar-refractivity contribution in [1.82, 2.24) is 19.5 Å². The van der Waals surface area contributed by atoms with Crippen LogP contribution in [-0.2, 0) is 9.84 Å². The summed E-state index contributed by atoms with van der Waals surface area (Å²) >= 11 is 6.37. The maximum atomic E-state index is 12.0. The van der Waals surface area contributed by atoms with E-state index in [1.165, 1.54) is 12.7 Å². The number of likely N-dealkylation sites (tertiary alicyclic amines) is 1. The third-order valence-electron chi connectivity index (χ3n) is 6.25. The summed E-state index contributed by atoms with van der Waals surface area (Å²) in [6.07, 6.45) is 5.21. The molecule has 1 atom stereocenters. The number of ether oxygens (including phenoxy) is 1. The van der Waals surface area contributed by atoms with Gasteiger partial charge in [-0.25, -0.2) is 17.9 Å². The Morgan fingerprint density at radius 1 is 1.17 bits per heavy atom. The van der Waals surface area contributed by atoms with Crippen LogP contribution >= 0.6 is 11.6 Å². The van der Waals surface area contributed by atoms with Crippen molar-refractivity contribution in [3.8, 4) is 17.0 Å². The minimum Gasteiger partial charge on any atom is -0.490 e. The van der Waals surface area contributed by atoms with Crippen LogP contribution in [0.25, 0.3) is 16.8 Å². The average Bonchev–Trinajstić information content (AvgIpc) is 3.44. The summed E-state index contributed by atoms with van der Waals surface area (Å²) in [5, 5.41) is 8.40. The van der Waals surface area contributed by atoms with Crippen LogP contribution in [0.5, 0.6) is 5.75 Å². The molecule has 5 rings (SSSR count). The molecule has 1 saturated heterocycles. The number of nitrogens with zero attached hydrogens (tertiary/aromatic N) is 4. The number of halogens is 1. The van der Waals surface area contributed by atoms with Crippen molar-refractivity contribution in [2.45, 2.75) is 23.8 Å². The predicted molar refractivity (Wildman–Crippen MR) is 137 cm³/mol. The van der Waals surface area contributed by atoms with Gasteiger partial charge in [0.05, 0.1) is 27.3 Å². The number of rotatable bonds is 7. The lowest BCUT2D eigenvalue weighted by Crippen LogP contribution is -2.30. The molecule has 2 aromatic carbocycles. The second kappa shape index (κ2) is 9.49. The second-order valence-electron chi connectivity index (χ2n) is 8.79. The lowest BCUT2D eigenvalue weighted by molar-refractivity contribution is 0.198. The molecule has 1 fully saturated rings. The molecule has 3 heterocycles. The van der Waals surface area contributed by atoms with E-state index in [0.717, 1.165) is 35.4 Å². The van der Waals surface area contributed by atoms with E-state index in [0.29, 0.717) is 29.4 Å². The van der Waals surface area contributed by atoms with Crippen LogP contribution in [0.15, 0.2) is 65.7 Å². The molecule has 35 heavy (non-hydrogen) atoms. The van der Waals surface area contributed by atoms with Gasteiger partial charge >= 0.3 is 0 Å². The van der Waals surface area contributed by atoms with Crippen LogP contribution in [0.3, 0.4) is 0 Å². The summed E-state index contributed by atoms with van der Waals surface area (Å²) in [6.45, 7) is 1.67. The minimum atomic E-state index is -3.32. The molecule has 0 bridgehead atoms. The van der Waals surface area contributed by atoms with E-state index >= 15 is 0 Å². The zero-order valence-electron chi connectivity index (χ0n) is 19.5. The second-order valence-corrected chi connectivity index (χ2v) is 11.2. The topological polar surface area (TPSA) is 88.8 Å². The van der Waals surface area contributed by atoms with Gasteiger partial charge in [0.1, 0.15) is 12.4 Å². The largest absolute Gasteiger partial charge is 0.490 e. The van der Waals surface area contributed by atoms with E-state index < -0.39 is 9.84 Å². The Morgan fingerprint density at radius 3 is 2.80 bits per heavy atom. The third-order valence-corrected chi connectivity index (χ3v) is 7.67. The van der Waals surface area contributed by atoms with E-state index in [-0.39, 0.29) is 4.90 Å². The Kier molecular flexibility index (Phi) is 6.39.